The number of benzene rings is 1. The number of nitrogens with two attached hydrogens (primary N) is 1. The van der Waals surface area contributed by atoms with Crippen molar-refractivity contribution in [2.45, 2.75) is 26.3 Å². The molecule has 0 aliphatic carbocycles. The number of anilines is 1. The van der Waals surface area contributed by atoms with Crippen LogP contribution in [0.25, 0.3) is 0 Å². The Morgan fingerprint density at radius 2 is 2.05 bits per heavy atom. The molecule has 0 radical (unpaired) electrons. The predicted octanol–water partition coefficient (Wildman–Crippen LogP) is 2.24. The van der Waals surface area contributed by atoms with Gasteiger partial charge < -0.3 is 15.8 Å². The molecule has 3 N–H and O–H groups in total. The molecule has 0 heterocycles. The Kier molecular flexibility index (Phi) is 5.82. The van der Waals surface area contributed by atoms with E-state index in [1.807, 2.05) is 13.8 Å². The molecule has 110 valence electrons. The SMILES string of the molecule is COC(=O)[C@H](CC(C)C)NC(=O)c1ccc(Cl)c(N)c1. The summed E-state index contributed by atoms with van der Waals surface area (Å²) >= 11 is 5.80. The lowest BCUT2D eigenvalue weighted by molar-refractivity contribution is -0.143. The molecule has 0 saturated heterocycles. The monoisotopic (exact) mass is 298 g/mol. The van der Waals surface area contributed by atoms with E-state index in [1.54, 1.807) is 12.1 Å². The zero-order chi connectivity index (χ0) is 15.3. The summed E-state index contributed by atoms with van der Waals surface area (Å²) in [6, 6.07) is 3.89. The molecular formula is C14H19ClN2O3. The van der Waals surface area contributed by atoms with Crippen LogP contribution in [0.4, 0.5) is 5.69 Å². The Labute approximate surface area is 123 Å². The molecule has 0 unspecified atom stereocenters. The van der Waals surface area contributed by atoms with Gasteiger partial charge in [0.2, 0.25) is 0 Å². The minimum Gasteiger partial charge on any atom is -0.467 e. The van der Waals surface area contributed by atoms with Crippen LogP contribution in [-0.2, 0) is 9.53 Å². The number of carbonyl (C=O) groups excluding carboxylic acids is 2. The van der Waals surface area contributed by atoms with Gasteiger partial charge >= 0.3 is 5.97 Å². The van der Waals surface area contributed by atoms with Gasteiger partial charge in [-0.2, -0.15) is 0 Å². The highest BCUT2D eigenvalue weighted by Crippen LogP contribution is 2.19. The Bertz CT molecular complexity index is 503. The van der Waals surface area contributed by atoms with Crippen LogP contribution in [0.2, 0.25) is 5.02 Å². The molecule has 5 nitrogen and oxygen atoms in total. The number of amides is 1. The van der Waals surface area contributed by atoms with E-state index in [2.05, 4.69) is 5.32 Å². The highest BCUT2D eigenvalue weighted by Gasteiger charge is 2.23. The number of rotatable bonds is 5. The van der Waals surface area contributed by atoms with E-state index in [9.17, 15) is 9.59 Å². The summed E-state index contributed by atoms with van der Waals surface area (Å²) in [5.41, 5.74) is 6.32. The van der Waals surface area contributed by atoms with Crippen LogP contribution in [0, 0.1) is 5.92 Å². The summed E-state index contributed by atoms with van der Waals surface area (Å²) < 4.78 is 4.69. The quantitative estimate of drug-likeness (QED) is 0.645. The van der Waals surface area contributed by atoms with E-state index >= 15 is 0 Å². The zero-order valence-corrected chi connectivity index (χ0v) is 12.5. The fraction of sp³-hybridized carbons (Fsp3) is 0.429. The van der Waals surface area contributed by atoms with Gasteiger partial charge in [0.05, 0.1) is 17.8 Å². The van der Waals surface area contributed by atoms with Gasteiger partial charge in [0.15, 0.2) is 0 Å². The Morgan fingerprint density at radius 3 is 2.55 bits per heavy atom. The Morgan fingerprint density at radius 1 is 1.40 bits per heavy atom. The van der Waals surface area contributed by atoms with Crippen molar-refractivity contribution in [3.8, 4) is 0 Å². The van der Waals surface area contributed by atoms with E-state index in [0.717, 1.165) is 0 Å². The summed E-state index contributed by atoms with van der Waals surface area (Å²) in [7, 11) is 1.29. The van der Waals surface area contributed by atoms with Crippen molar-refractivity contribution in [3.05, 3.63) is 28.8 Å². The molecule has 1 rings (SSSR count). The highest BCUT2D eigenvalue weighted by atomic mass is 35.5. The molecule has 0 spiro atoms. The molecule has 1 aromatic carbocycles. The first-order valence-corrected chi connectivity index (χ1v) is 6.66. The van der Waals surface area contributed by atoms with Gasteiger partial charge in [0, 0.05) is 5.56 Å². The van der Waals surface area contributed by atoms with E-state index in [-0.39, 0.29) is 11.8 Å². The lowest BCUT2D eigenvalue weighted by atomic mass is 10.0. The number of methoxy groups -OCH3 is 1. The number of ether oxygens (including phenoxy) is 1. The lowest BCUT2D eigenvalue weighted by Crippen LogP contribution is -2.42. The minimum atomic E-state index is -0.676. The summed E-state index contributed by atoms with van der Waals surface area (Å²) in [6.07, 6.45) is 0.501. The molecule has 0 bridgehead atoms. The third kappa shape index (κ3) is 4.42. The topological polar surface area (TPSA) is 81.4 Å². The first kappa shape index (κ1) is 16.3. The fourth-order valence-electron chi connectivity index (χ4n) is 1.75. The number of hydrogen-bond donors (Lipinski definition) is 2. The number of nitrogen functional groups attached to an aromatic ring is 1. The van der Waals surface area contributed by atoms with Crippen LogP contribution in [0.5, 0.6) is 0 Å². The first-order chi connectivity index (χ1) is 9.35. The summed E-state index contributed by atoms with van der Waals surface area (Å²) in [5.74, 6) is -0.604. The third-order valence-corrected chi connectivity index (χ3v) is 3.10. The third-order valence-electron chi connectivity index (χ3n) is 2.76. The van der Waals surface area contributed by atoms with Crippen molar-refractivity contribution in [2.75, 3.05) is 12.8 Å². The summed E-state index contributed by atoms with van der Waals surface area (Å²) in [5, 5.41) is 3.03. The van der Waals surface area contributed by atoms with E-state index in [4.69, 9.17) is 22.1 Å². The van der Waals surface area contributed by atoms with Crippen LogP contribution in [0.3, 0.4) is 0 Å². The molecule has 0 aliphatic heterocycles. The van der Waals surface area contributed by atoms with Crippen LogP contribution >= 0.6 is 11.6 Å². The summed E-state index contributed by atoms with van der Waals surface area (Å²) in [6.45, 7) is 3.92. The van der Waals surface area contributed by atoms with Gasteiger partial charge in [0.1, 0.15) is 6.04 Å². The van der Waals surface area contributed by atoms with Crippen molar-refractivity contribution >= 4 is 29.2 Å². The second-order valence-electron chi connectivity index (χ2n) is 4.92. The van der Waals surface area contributed by atoms with Gasteiger partial charge in [0.25, 0.3) is 5.91 Å². The second kappa shape index (κ2) is 7.14. The van der Waals surface area contributed by atoms with Crippen molar-refractivity contribution < 1.29 is 14.3 Å². The second-order valence-corrected chi connectivity index (χ2v) is 5.32. The van der Waals surface area contributed by atoms with Crippen LogP contribution in [0.15, 0.2) is 18.2 Å². The molecule has 0 aromatic heterocycles. The normalized spacial score (nSPS) is 12.1. The van der Waals surface area contributed by atoms with Crippen molar-refractivity contribution in [2.24, 2.45) is 5.92 Å². The maximum absolute atomic E-state index is 12.1. The van der Waals surface area contributed by atoms with Gasteiger partial charge in [-0.05, 0) is 30.5 Å². The Hall–Kier alpha value is -1.75. The van der Waals surface area contributed by atoms with Crippen LogP contribution < -0.4 is 11.1 Å². The molecule has 0 saturated carbocycles. The molecular weight excluding hydrogens is 280 g/mol. The maximum atomic E-state index is 12.1. The van der Waals surface area contributed by atoms with Crippen molar-refractivity contribution in [1.29, 1.82) is 0 Å². The lowest BCUT2D eigenvalue weighted by Gasteiger charge is -2.18. The summed E-state index contributed by atoms with van der Waals surface area (Å²) in [4.78, 5) is 23.8. The largest absolute Gasteiger partial charge is 0.467 e. The van der Waals surface area contributed by atoms with Crippen molar-refractivity contribution in [1.82, 2.24) is 5.32 Å². The van der Waals surface area contributed by atoms with Crippen molar-refractivity contribution in [3.63, 3.8) is 0 Å². The van der Waals surface area contributed by atoms with E-state index < -0.39 is 12.0 Å². The molecule has 20 heavy (non-hydrogen) atoms. The number of hydrogen-bond acceptors (Lipinski definition) is 4. The van der Waals surface area contributed by atoms with Gasteiger partial charge in [-0.25, -0.2) is 4.79 Å². The minimum absolute atomic E-state index is 0.245. The maximum Gasteiger partial charge on any atom is 0.328 e. The molecule has 1 atom stereocenters. The first-order valence-electron chi connectivity index (χ1n) is 6.28. The molecule has 0 fully saturated rings. The molecule has 1 amide bonds. The predicted molar refractivity (Wildman–Crippen MR) is 78.6 cm³/mol. The highest BCUT2D eigenvalue weighted by molar-refractivity contribution is 6.33. The molecule has 0 aliphatic rings. The van der Waals surface area contributed by atoms with Gasteiger partial charge in [-0.15, -0.1) is 0 Å². The molecule has 1 aromatic rings. The number of esters is 1. The zero-order valence-electron chi connectivity index (χ0n) is 11.8. The van der Waals surface area contributed by atoms with Crippen LogP contribution in [-0.4, -0.2) is 25.0 Å². The van der Waals surface area contributed by atoms with Gasteiger partial charge in [-0.3, -0.25) is 4.79 Å². The fourth-order valence-corrected chi connectivity index (χ4v) is 1.87. The average Bonchev–Trinajstić information content (AvgIpc) is 2.39. The van der Waals surface area contributed by atoms with E-state index in [0.29, 0.717) is 22.7 Å². The number of carbonyl (C=O) groups is 2. The average molecular weight is 299 g/mol. The number of nitrogens with one attached hydrogen (secondary N) is 1. The molecule has 6 heteroatoms. The Balaban J connectivity index is 2.84. The smallest absolute Gasteiger partial charge is 0.328 e. The number of halogens is 1. The van der Waals surface area contributed by atoms with E-state index in [1.165, 1.54) is 13.2 Å². The van der Waals surface area contributed by atoms with Crippen LogP contribution in [0.1, 0.15) is 30.6 Å². The standard InChI is InChI=1S/C14H19ClN2O3/c1-8(2)6-12(14(19)20-3)17-13(18)9-4-5-10(15)11(16)7-9/h4-5,7-8,12H,6,16H2,1-3H3,(H,17,18)/t12-/m0/s1. The van der Waals surface area contributed by atoms with Gasteiger partial charge in [-0.1, -0.05) is 25.4 Å².